The van der Waals surface area contributed by atoms with Crippen LogP contribution in [0.2, 0.25) is 0 Å². The highest BCUT2D eigenvalue weighted by Crippen LogP contribution is 2.19. The molecule has 0 bridgehead atoms. The monoisotopic (exact) mass is 372 g/mol. The second kappa shape index (κ2) is 10.5. The van der Waals surface area contributed by atoms with E-state index in [9.17, 15) is 9.50 Å². The molecule has 0 radical (unpaired) electrons. The summed E-state index contributed by atoms with van der Waals surface area (Å²) in [5.41, 5.74) is 1.99. The van der Waals surface area contributed by atoms with Crippen molar-refractivity contribution in [2.24, 2.45) is 4.99 Å². The zero-order valence-electron chi connectivity index (χ0n) is 16.2. The van der Waals surface area contributed by atoms with Crippen molar-refractivity contribution in [1.82, 2.24) is 15.5 Å². The van der Waals surface area contributed by atoms with Crippen molar-refractivity contribution < 1.29 is 9.50 Å². The number of benzene rings is 2. The normalized spacial score (nSPS) is 12.9. The van der Waals surface area contributed by atoms with E-state index in [1.165, 1.54) is 17.7 Å². The standard InChI is InChI=1S/C21H29FN4O/c1-4-26(5-2)19(17-9-7-6-8-10-17)15-25-21(23-3)24-14-16-11-12-20(27)18(22)13-16/h6-13,19,27H,4-5,14-15H2,1-3H3,(H2,23,24,25). The van der Waals surface area contributed by atoms with E-state index >= 15 is 0 Å². The second-order valence-electron chi connectivity index (χ2n) is 6.24. The number of nitrogens with one attached hydrogen (secondary N) is 2. The van der Waals surface area contributed by atoms with E-state index in [1.807, 2.05) is 6.07 Å². The van der Waals surface area contributed by atoms with Gasteiger partial charge in [0, 0.05) is 20.1 Å². The molecule has 3 N–H and O–H groups in total. The fraction of sp³-hybridized carbons (Fsp3) is 0.381. The molecule has 0 heterocycles. The Morgan fingerprint density at radius 3 is 2.41 bits per heavy atom. The molecular formula is C21H29FN4O. The van der Waals surface area contributed by atoms with Crippen LogP contribution in [0.5, 0.6) is 5.75 Å². The van der Waals surface area contributed by atoms with Gasteiger partial charge < -0.3 is 15.7 Å². The molecule has 1 atom stereocenters. The smallest absolute Gasteiger partial charge is 0.191 e. The van der Waals surface area contributed by atoms with Gasteiger partial charge in [0.1, 0.15) is 0 Å². The summed E-state index contributed by atoms with van der Waals surface area (Å²) < 4.78 is 13.5. The second-order valence-corrected chi connectivity index (χ2v) is 6.24. The zero-order valence-corrected chi connectivity index (χ0v) is 16.2. The minimum Gasteiger partial charge on any atom is -0.505 e. The third-order valence-electron chi connectivity index (χ3n) is 4.60. The van der Waals surface area contributed by atoms with Crippen LogP contribution in [0.25, 0.3) is 0 Å². The summed E-state index contributed by atoms with van der Waals surface area (Å²) in [6.45, 7) is 7.35. The van der Waals surface area contributed by atoms with Gasteiger partial charge >= 0.3 is 0 Å². The first-order valence-corrected chi connectivity index (χ1v) is 9.29. The molecule has 6 heteroatoms. The Morgan fingerprint density at radius 2 is 1.81 bits per heavy atom. The number of likely N-dealkylation sites (N-methyl/N-ethyl adjacent to an activating group) is 1. The van der Waals surface area contributed by atoms with E-state index in [1.54, 1.807) is 13.1 Å². The quantitative estimate of drug-likeness (QED) is 0.492. The largest absolute Gasteiger partial charge is 0.505 e. The maximum Gasteiger partial charge on any atom is 0.191 e. The Balaban J connectivity index is 2.00. The van der Waals surface area contributed by atoms with Crippen molar-refractivity contribution in [3.8, 4) is 5.75 Å². The van der Waals surface area contributed by atoms with Crippen LogP contribution in [0.1, 0.15) is 31.0 Å². The van der Waals surface area contributed by atoms with Gasteiger partial charge in [-0.05, 0) is 36.3 Å². The van der Waals surface area contributed by atoms with Crippen LogP contribution in [0.3, 0.4) is 0 Å². The highest BCUT2D eigenvalue weighted by atomic mass is 19.1. The minimum atomic E-state index is -0.622. The number of phenolic OH excluding ortho intramolecular Hbond substituents is 1. The summed E-state index contributed by atoms with van der Waals surface area (Å²) >= 11 is 0. The van der Waals surface area contributed by atoms with Crippen LogP contribution in [0, 0.1) is 5.82 Å². The van der Waals surface area contributed by atoms with Gasteiger partial charge in [0.05, 0.1) is 6.04 Å². The summed E-state index contributed by atoms with van der Waals surface area (Å²) in [6.07, 6.45) is 0. The molecule has 0 fully saturated rings. The van der Waals surface area contributed by atoms with Gasteiger partial charge in [-0.3, -0.25) is 9.89 Å². The Hall–Kier alpha value is -2.60. The van der Waals surface area contributed by atoms with Crippen LogP contribution >= 0.6 is 0 Å². The van der Waals surface area contributed by atoms with Gasteiger partial charge in [-0.2, -0.15) is 0 Å². The number of aromatic hydroxyl groups is 1. The van der Waals surface area contributed by atoms with Crippen LogP contribution in [-0.2, 0) is 6.54 Å². The number of nitrogens with zero attached hydrogens (tertiary/aromatic N) is 2. The van der Waals surface area contributed by atoms with Crippen LogP contribution in [-0.4, -0.2) is 42.6 Å². The summed E-state index contributed by atoms with van der Waals surface area (Å²) in [6, 6.07) is 15.0. The lowest BCUT2D eigenvalue weighted by atomic mass is 10.1. The topological polar surface area (TPSA) is 59.9 Å². The first-order chi connectivity index (χ1) is 13.1. The van der Waals surface area contributed by atoms with Crippen LogP contribution < -0.4 is 10.6 Å². The predicted molar refractivity (Wildman–Crippen MR) is 108 cm³/mol. The number of guanidine groups is 1. The molecule has 0 spiro atoms. The number of hydrogen-bond acceptors (Lipinski definition) is 3. The molecule has 0 amide bonds. The van der Waals surface area contributed by atoms with Crippen molar-refractivity contribution >= 4 is 5.96 Å². The molecule has 0 aromatic heterocycles. The SMILES string of the molecule is CCN(CC)C(CNC(=NC)NCc1ccc(O)c(F)c1)c1ccccc1. The fourth-order valence-corrected chi connectivity index (χ4v) is 3.06. The van der Waals surface area contributed by atoms with Gasteiger partial charge in [0.15, 0.2) is 17.5 Å². The summed E-state index contributed by atoms with van der Waals surface area (Å²) in [4.78, 5) is 6.65. The molecule has 27 heavy (non-hydrogen) atoms. The number of halogens is 1. The molecule has 2 aromatic rings. The Morgan fingerprint density at radius 1 is 1.11 bits per heavy atom. The Kier molecular flexibility index (Phi) is 8.07. The van der Waals surface area contributed by atoms with Crippen molar-refractivity contribution in [1.29, 1.82) is 0 Å². The van der Waals surface area contributed by atoms with E-state index in [0.29, 0.717) is 19.0 Å². The molecule has 0 saturated heterocycles. The predicted octanol–water partition coefficient (Wildman–Crippen LogP) is 3.28. The number of phenols is 1. The van der Waals surface area contributed by atoms with Crippen molar-refractivity contribution in [3.63, 3.8) is 0 Å². The lowest BCUT2D eigenvalue weighted by molar-refractivity contribution is 0.219. The van der Waals surface area contributed by atoms with E-state index in [-0.39, 0.29) is 11.8 Å². The molecule has 146 valence electrons. The first kappa shape index (κ1) is 20.7. The van der Waals surface area contributed by atoms with Crippen LogP contribution in [0.4, 0.5) is 4.39 Å². The van der Waals surface area contributed by atoms with Crippen LogP contribution in [0.15, 0.2) is 53.5 Å². The lowest BCUT2D eigenvalue weighted by Crippen LogP contribution is -2.43. The molecule has 0 aliphatic heterocycles. The van der Waals surface area contributed by atoms with Gasteiger partial charge in [0.25, 0.3) is 0 Å². The van der Waals surface area contributed by atoms with Gasteiger partial charge in [0.2, 0.25) is 0 Å². The number of rotatable bonds is 8. The molecule has 1 unspecified atom stereocenters. The Labute approximate surface area is 160 Å². The molecule has 5 nitrogen and oxygen atoms in total. The van der Waals surface area contributed by atoms with Crippen molar-refractivity contribution in [2.75, 3.05) is 26.7 Å². The molecule has 0 aliphatic rings. The molecule has 0 saturated carbocycles. The van der Waals surface area contributed by atoms with Gasteiger partial charge in [-0.25, -0.2) is 4.39 Å². The third-order valence-corrected chi connectivity index (χ3v) is 4.60. The number of hydrogen-bond donors (Lipinski definition) is 3. The minimum absolute atomic E-state index is 0.228. The molecule has 0 aliphatic carbocycles. The average molecular weight is 372 g/mol. The van der Waals surface area contributed by atoms with E-state index < -0.39 is 5.82 Å². The number of aliphatic imine (C=N–C) groups is 1. The zero-order chi connectivity index (χ0) is 19.6. The summed E-state index contributed by atoms with van der Waals surface area (Å²) in [7, 11) is 1.71. The first-order valence-electron chi connectivity index (χ1n) is 9.29. The van der Waals surface area contributed by atoms with Crippen molar-refractivity contribution in [2.45, 2.75) is 26.4 Å². The Bertz CT molecular complexity index is 732. The van der Waals surface area contributed by atoms with Crippen molar-refractivity contribution in [3.05, 3.63) is 65.5 Å². The lowest BCUT2D eigenvalue weighted by Gasteiger charge is -2.30. The molecular weight excluding hydrogens is 343 g/mol. The maximum atomic E-state index is 13.5. The maximum absolute atomic E-state index is 13.5. The van der Waals surface area contributed by atoms with Gasteiger partial charge in [-0.1, -0.05) is 50.2 Å². The van der Waals surface area contributed by atoms with E-state index in [4.69, 9.17) is 0 Å². The molecule has 2 aromatic carbocycles. The third kappa shape index (κ3) is 5.96. The summed E-state index contributed by atoms with van der Waals surface area (Å²) in [5, 5.41) is 15.8. The van der Waals surface area contributed by atoms with E-state index in [0.717, 1.165) is 18.7 Å². The fourth-order valence-electron chi connectivity index (χ4n) is 3.06. The highest BCUT2D eigenvalue weighted by molar-refractivity contribution is 5.79. The average Bonchev–Trinajstić information content (AvgIpc) is 2.70. The van der Waals surface area contributed by atoms with Gasteiger partial charge in [-0.15, -0.1) is 0 Å². The highest BCUT2D eigenvalue weighted by Gasteiger charge is 2.18. The molecule has 2 rings (SSSR count). The summed E-state index contributed by atoms with van der Waals surface area (Å²) in [5.74, 6) is -0.314. The van der Waals surface area contributed by atoms with E-state index in [2.05, 4.69) is 58.6 Å².